The van der Waals surface area contributed by atoms with Crippen molar-refractivity contribution in [2.45, 2.75) is 58.0 Å². The predicted octanol–water partition coefficient (Wildman–Crippen LogP) is 2.15. The van der Waals surface area contributed by atoms with E-state index in [2.05, 4.69) is 0 Å². The number of aliphatic hydroxyl groups excluding tert-OH is 1. The second-order valence-electron chi connectivity index (χ2n) is 6.44. The summed E-state index contributed by atoms with van der Waals surface area (Å²) in [6.07, 6.45) is 2.99. The number of fused-ring (bicyclic) bond motifs is 1. The molecule has 0 amide bonds. The van der Waals surface area contributed by atoms with Crippen molar-refractivity contribution < 1.29 is 14.9 Å². The summed E-state index contributed by atoms with van der Waals surface area (Å²) >= 11 is 0. The van der Waals surface area contributed by atoms with Crippen LogP contribution in [0.2, 0.25) is 0 Å². The van der Waals surface area contributed by atoms with Crippen LogP contribution < -0.4 is 0 Å². The molecule has 1 spiro atoms. The molecule has 0 aromatic carbocycles. The Kier molecular flexibility index (Phi) is 2.39. The molecule has 2 heterocycles. The number of allylic oxidation sites excluding steroid dienone is 1. The summed E-state index contributed by atoms with van der Waals surface area (Å²) < 4.78 is 6.08. The molecule has 3 aliphatic rings. The molecular formula is C15H22O3. The molecular weight excluding hydrogens is 228 g/mol. The van der Waals surface area contributed by atoms with E-state index in [-0.39, 0.29) is 17.9 Å². The van der Waals surface area contributed by atoms with Gasteiger partial charge in [-0.25, -0.2) is 0 Å². The summed E-state index contributed by atoms with van der Waals surface area (Å²) in [6.45, 7) is 8.12. The van der Waals surface area contributed by atoms with Crippen LogP contribution in [0.25, 0.3) is 0 Å². The molecule has 100 valence electrons. The fourth-order valence-corrected chi connectivity index (χ4v) is 4.16. The number of hydrogen-bond acceptors (Lipinski definition) is 3. The highest BCUT2D eigenvalue weighted by Gasteiger charge is 2.65. The van der Waals surface area contributed by atoms with Crippen molar-refractivity contribution in [3.05, 3.63) is 22.8 Å². The first-order chi connectivity index (χ1) is 8.30. The van der Waals surface area contributed by atoms with E-state index in [1.807, 2.05) is 33.8 Å². The van der Waals surface area contributed by atoms with Crippen LogP contribution in [0.3, 0.4) is 0 Å². The molecule has 5 atom stereocenters. The molecule has 3 heteroatoms. The van der Waals surface area contributed by atoms with Crippen LogP contribution >= 0.6 is 0 Å². The molecule has 1 saturated carbocycles. The van der Waals surface area contributed by atoms with E-state index in [1.54, 1.807) is 0 Å². The van der Waals surface area contributed by atoms with Crippen LogP contribution in [0, 0.1) is 11.8 Å². The van der Waals surface area contributed by atoms with Crippen molar-refractivity contribution >= 4 is 0 Å². The van der Waals surface area contributed by atoms with Gasteiger partial charge in [0.2, 0.25) is 5.79 Å². The average molecular weight is 250 g/mol. The van der Waals surface area contributed by atoms with Crippen LogP contribution in [-0.4, -0.2) is 27.7 Å². The average Bonchev–Trinajstić information content (AvgIpc) is 2.66. The second-order valence-corrected chi connectivity index (χ2v) is 6.44. The van der Waals surface area contributed by atoms with Crippen molar-refractivity contribution in [2.24, 2.45) is 11.8 Å². The predicted molar refractivity (Wildman–Crippen MR) is 68.8 cm³/mol. The van der Waals surface area contributed by atoms with Gasteiger partial charge < -0.3 is 14.9 Å². The molecule has 0 aromatic rings. The highest BCUT2D eigenvalue weighted by Crippen LogP contribution is 2.61. The second kappa shape index (κ2) is 3.47. The van der Waals surface area contributed by atoms with Gasteiger partial charge in [0.05, 0.1) is 11.7 Å². The Hall–Kier alpha value is -0.640. The first-order valence-electron chi connectivity index (χ1n) is 6.77. The van der Waals surface area contributed by atoms with E-state index >= 15 is 0 Å². The SMILES string of the molecule is CC1=C[C@@]2(O)O[C@]3(CC2=C(C)C)[C@H]1C[C@H](O)[C@@H]3C. The van der Waals surface area contributed by atoms with Crippen LogP contribution in [0.5, 0.6) is 0 Å². The molecule has 2 fully saturated rings. The molecule has 0 radical (unpaired) electrons. The van der Waals surface area contributed by atoms with Gasteiger partial charge in [0.15, 0.2) is 0 Å². The first kappa shape index (κ1) is 12.4. The number of ether oxygens (including phenoxy) is 1. The van der Waals surface area contributed by atoms with E-state index < -0.39 is 11.4 Å². The minimum Gasteiger partial charge on any atom is -0.393 e. The fourth-order valence-electron chi connectivity index (χ4n) is 4.16. The summed E-state index contributed by atoms with van der Waals surface area (Å²) in [5, 5.41) is 20.9. The molecule has 2 aliphatic heterocycles. The zero-order valence-electron chi connectivity index (χ0n) is 11.5. The van der Waals surface area contributed by atoms with Gasteiger partial charge in [0, 0.05) is 18.3 Å². The number of rotatable bonds is 0. The largest absolute Gasteiger partial charge is 0.393 e. The normalized spacial score (nSPS) is 50.2. The summed E-state index contributed by atoms with van der Waals surface area (Å²) in [5.74, 6) is -0.938. The third kappa shape index (κ3) is 1.30. The monoisotopic (exact) mass is 250 g/mol. The van der Waals surface area contributed by atoms with Crippen molar-refractivity contribution in [1.82, 2.24) is 0 Å². The van der Waals surface area contributed by atoms with Gasteiger partial charge in [-0.15, -0.1) is 0 Å². The zero-order chi connectivity index (χ0) is 13.3. The lowest BCUT2D eigenvalue weighted by atomic mass is 9.78. The van der Waals surface area contributed by atoms with Crippen molar-refractivity contribution in [3.63, 3.8) is 0 Å². The Morgan fingerprint density at radius 2 is 2.11 bits per heavy atom. The molecule has 2 bridgehead atoms. The minimum absolute atomic E-state index is 0.0644. The molecule has 0 aromatic heterocycles. The Morgan fingerprint density at radius 1 is 1.44 bits per heavy atom. The Bertz CT molecular complexity index is 460. The van der Waals surface area contributed by atoms with Gasteiger partial charge in [-0.2, -0.15) is 0 Å². The van der Waals surface area contributed by atoms with Gasteiger partial charge in [-0.3, -0.25) is 0 Å². The van der Waals surface area contributed by atoms with Crippen LogP contribution in [0.4, 0.5) is 0 Å². The quantitative estimate of drug-likeness (QED) is 0.648. The van der Waals surface area contributed by atoms with Crippen molar-refractivity contribution in [2.75, 3.05) is 0 Å². The number of aliphatic hydroxyl groups is 2. The van der Waals surface area contributed by atoms with E-state index in [4.69, 9.17) is 4.74 Å². The van der Waals surface area contributed by atoms with E-state index in [9.17, 15) is 10.2 Å². The van der Waals surface area contributed by atoms with Crippen LogP contribution in [-0.2, 0) is 4.74 Å². The van der Waals surface area contributed by atoms with Crippen LogP contribution in [0.15, 0.2) is 22.8 Å². The third-order valence-electron chi connectivity index (χ3n) is 5.22. The maximum absolute atomic E-state index is 10.7. The summed E-state index contributed by atoms with van der Waals surface area (Å²) in [7, 11) is 0. The Balaban J connectivity index is 2.18. The standard InChI is InChI=1S/C15H22O3/c1-8(2)12-7-14-10(4)13(16)5-11(14)9(3)6-15(12,17)18-14/h6,10-11,13,16-17H,5,7H2,1-4H3/t10-,11-,13-,14-,15+/m0/s1. The third-order valence-corrected chi connectivity index (χ3v) is 5.22. The topological polar surface area (TPSA) is 49.7 Å². The maximum atomic E-state index is 10.7. The smallest absolute Gasteiger partial charge is 0.209 e. The maximum Gasteiger partial charge on any atom is 0.209 e. The lowest BCUT2D eigenvalue weighted by Crippen LogP contribution is -2.46. The van der Waals surface area contributed by atoms with E-state index in [0.717, 1.165) is 29.6 Å². The van der Waals surface area contributed by atoms with Gasteiger partial charge in [-0.05, 0) is 38.8 Å². The van der Waals surface area contributed by atoms with Crippen molar-refractivity contribution in [1.29, 1.82) is 0 Å². The number of hydrogen-bond donors (Lipinski definition) is 2. The van der Waals surface area contributed by atoms with E-state index in [0.29, 0.717) is 0 Å². The molecule has 3 nitrogen and oxygen atoms in total. The summed E-state index contributed by atoms with van der Waals surface area (Å²) in [6, 6.07) is 0. The van der Waals surface area contributed by atoms with E-state index in [1.165, 1.54) is 0 Å². The van der Waals surface area contributed by atoms with Crippen LogP contribution in [0.1, 0.15) is 40.5 Å². The summed E-state index contributed by atoms with van der Waals surface area (Å²) in [4.78, 5) is 0. The molecule has 18 heavy (non-hydrogen) atoms. The zero-order valence-corrected chi connectivity index (χ0v) is 11.5. The molecule has 2 N–H and O–H groups in total. The minimum atomic E-state index is -1.24. The van der Waals surface area contributed by atoms with Gasteiger partial charge in [0.25, 0.3) is 0 Å². The van der Waals surface area contributed by atoms with Gasteiger partial charge >= 0.3 is 0 Å². The summed E-state index contributed by atoms with van der Waals surface area (Å²) in [5.41, 5.74) is 2.85. The molecule has 3 rings (SSSR count). The van der Waals surface area contributed by atoms with Gasteiger partial charge in [0.1, 0.15) is 0 Å². The van der Waals surface area contributed by atoms with Gasteiger partial charge in [-0.1, -0.05) is 18.1 Å². The lowest BCUT2D eigenvalue weighted by Gasteiger charge is -2.40. The Labute approximate surface area is 108 Å². The molecule has 1 saturated heterocycles. The van der Waals surface area contributed by atoms with Crippen molar-refractivity contribution in [3.8, 4) is 0 Å². The molecule has 0 unspecified atom stereocenters. The highest BCUT2D eigenvalue weighted by molar-refractivity contribution is 5.40. The molecule has 1 aliphatic carbocycles. The fraction of sp³-hybridized carbons (Fsp3) is 0.733. The first-order valence-corrected chi connectivity index (χ1v) is 6.77. The Morgan fingerprint density at radius 3 is 2.72 bits per heavy atom. The lowest BCUT2D eigenvalue weighted by molar-refractivity contribution is -0.211. The highest BCUT2D eigenvalue weighted by atomic mass is 16.6.